The van der Waals surface area contributed by atoms with E-state index in [1.54, 1.807) is 60.5 Å². The number of nitriles is 1. The van der Waals surface area contributed by atoms with Gasteiger partial charge in [-0.3, -0.25) is 19.5 Å². The molecule has 1 aliphatic heterocycles. The number of imide groups is 1. The van der Waals surface area contributed by atoms with Crippen molar-refractivity contribution in [3.8, 4) is 28.8 Å². The van der Waals surface area contributed by atoms with E-state index in [1.165, 1.54) is 12.1 Å². The molecule has 220 valence electrons. The second-order valence-corrected chi connectivity index (χ2v) is 10.4. The highest BCUT2D eigenvalue weighted by atomic mass is 19.1. The lowest BCUT2D eigenvalue weighted by atomic mass is 9.93. The fourth-order valence-corrected chi connectivity index (χ4v) is 5.01. The first kappa shape index (κ1) is 29.0. The van der Waals surface area contributed by atoms with Gasteiger partial charge in [0.2, 0.25) is 0 Å². The summed E-state index contributed by atoms with van der Waals surface area (Å²) in [6, 6.07) is 28.5. The van der Waals surface area contributed by atoms with Crippen LogP contribution in [0.15, 0.2) is 126 Å². The molecule has 8 nitrogen and oxygen atoms in total. The summed E-state index contributed by atoms with van der Waals surface area (Å²) in [6.45, 7) is 1.83. The fraction of sp³-hybridized carbons (Fsp3) is 0.0833. The van der Waals surface area contributed by atoms with Crippen molar-refractivity contribution < 1.29 is 18.7 Å². The van der Waals surface area contributed by atoms with Crippen LogP contribution in [0.5, 0.6) is 5.75 Å². The molecule has 0 radical (unpaired) electrons. The number of aromatic nitrogens is 3. The normalized spacial score (nSPS) is 14.2. The molecule has 0 N–H and O–H groups in total. The maximum Gasteiger partial charge on any atom is 0.271 e. The number of hydrogen-bond acceptors (Lipinski definition) is 6. The van der Waals surface area contributed by atoms with Gasteiger partial charge in [-0.2, -0.15) is 10.4 Å². The van der Waals surface area contributed by atoms with Gasteiger partial charge in [0.15, 0.2) is 0 Å². The molecule has 3 aromatic carbocycles. The first-order valence-corrected chi connectivity index (χ1v) is 14.1. The van der Waals surface area contributed by atoms with Crippen LogP contribution in [0.2, 0.25) is 0 Å². The van der Waals surface area contributed by atoms with Crippen LogP contribution in [0.25, 0.3) is 23.0 Å². The summed E-state index contributed by atoms with van der Waals surface area (Å²) in [7, 11) is 0. The first-order chi connectivity index (χ1) is 21.9. The van der Waals surface area contributed by atoms with Crippen molar-refractivity contribution in [3.63, 3.8) is 0 Å². The Kier molecular flexibility index (Phi) is 8.12. The Hall–Kier alpha value is -6.14. The van der Waals surface area contributed by atoms with E-state index in [0.717, 1.165) is 21.7 Å². The Morgan fingerprint density at radius 3 is 2.47 bits per heavy atom. The fourth-order valence-electron chi connectivity index (χ4n) is 5.01. The molecule has 0 saturated carbocycles. The van der Waals surface area contributed by atoms with Gasteiger partial charge >= 0.3 is 0 Å². The Balaban J connectivity index is 1.41. The molecule has 45 heavy (non-hydrogen) atoms. The minimum atomic E-state index is -0.646. The number of nitrogens with zero attached hydrogens (tertiary/aromatic N) is 5. The van der Waals surface area contributed by atoms with Gasteiger partial charge in [0.25, 0.3) is 11.8 Å². The smallest absolute Gasteiger partial charge is 0.271 e. The van der Waals surface area contributed by atoms with Crippen LogP contribution in [0.3, 0.4) is 0 Å². The van der Waals surface area contributed by atoms with Crippen LogP contribution in [0.4, 0.5) is 4.39 Å². The zero-order valence-corrected chi connectivity index (χ0v) is 24.2. The summed E-state index contributed by atoms with van der Waals surface area (Å²) < 4.78 is 21.0. The van der Waals surface area contributed by atoms with Gasteiger partial charge in [-0.15, -0.1) is 0 Å². The van der Waals surface area contributed by atoms with Gasteiger partial charge in [-0.25, -0.2) is 9.07 Å². The van der Waals surface area contributed by atoms with E-state index >= 15 is 0 Å². The molecule has 0 atom stereocenters. The van der Waals surface area contributed by atoms with Crippen LogP contribution in [0.1, 0.15) is 23.6 Å². The lowest BCUT2D eigenvalue weighted by Gasteiger charge is -2.27. The van der Waals surface area contributed by atoms with Gasteiger partial charge in [0, 0.05) is 35.3 Å². The van der Waals surface area contributed by atoms with Gasteiger partial charge in [0.05, 0.1) is 12.2 Å². The van der Waals surface area contributed by atoms with E-state index < -0.39 is 11.8 Å². The third-order valence-corrected chi connectivity index (χ3v) is 7.38. The molecule has 2 amide bonds. The standard InChI is InChI=1S/C36H26FN5O3/c1-24-32(35(43)41(36(44)33(24)19-38)21-26-7-6-16-39-20-26)18-28-22-42(30-9-3-2-4-10-30)40-34(28)27-8-5-11-31(17-27)45-23-25-12-14-29(37)15-13-25/h2-18,20,22H,21,23H2,1H3/b32-18+. The van der Waals surface area contributed by atoms with Crippen molar-refractivity contribution in [2.45, 2.75) is 20.1 Å². The molecule has 0 bridgehead atoms. The minimum Gasteiger partial charge on any atom is -0.489 e. The number of carbonyl (C=O) groups is 2. The quantitative estimate of drug-likeness (QED) is 0.151. The van der Waals surface area contributed by atoms with E-state index in [9.17, 15) is 19.2 Å². The van der Waals surface area contributed by atoms with Gasteiger partial charge in [-0.05, 0) is 72.2 Å². The van der Waals surface area contributed by atoms with Gasteiger partial charge < -0.3 is 4.74 Å². The zero-order valence-electron chi connectivity index (χ0n) is 24.2. The second-order valence-electron chi connectivity index (χ2n) is 10.4. The average Bonchev–Trinajstić information content (AvgIpc) is 3.50. The minimum absolute atomic E-state index is 0.0229. The average molecular weight is 596 g/mol. The Morgan fingerprint density at radius 2 is 1.73 bits per heavy atom. The number of ether oxygens (including phenoxy) is 1. The number of pyridine rings is 1. The van der Waals surface area contributed by atoms with Crippen LogP contribution in [-0.4, -0.2) is 31.5 Å². The summed E-state index contributed by atoms with van der Waals surface area (Å²) in [5, 5.41) is 14.8. The summed E-state index contributed by atoms with van der Waals surface area (Å²) in [5.74, 6) is -0.902. The predicted molar refractivity (Wildman–Crippen MR) is 166 cm³/mol. The molecule has 0 saturated heterocycles. The van der Waals surface area contributed by atoms with Gasteiger partial charge in [0.1, 0.15) is 35.5 Å². The van der Waals surface area contributed by atoms with Crippen LogP contribution >= 0.6 is 0 Å². The molecular weight excluding hydrogens is 569 g/mol. The van der Waals surface area contributed by atoms with E-state index in [2.05, 4.69) is 4.98 Å². The van der Waals surface area contributed by atoms with Crippen molar-refractivity contribution in [2.24, 2.45) is 0 Å². The number of rotatable bonds is 8. The molecule has 0 fully saturated rings. The van der Waals surface area contributed by atoms with E-state index in [1.807, 2.05) is 60.7 Å². The SMILES string of the molecule is CC1=C(C#N)C(=O)N(Cc2cccnc2)C(=O)/C1=C/c1cn(-c2ccccc2)nc1-c1cccc(OCc2ccc(F)cc2)c1. The lowest BCUT2D eigenvalue weighted by Crippen LogP contribution is -2.42. The molecule has 0 unspecified atom stereocenters. The number of hydrogen-bond donors (Lipinski definition) is 0. The molecule has 5 aromatic rings. The van der Waals surface area contributed by atoms with Crippen LogP contribution in [-0.2, 0) is 22.7 Å². The number of halogens is 1. The third kappa shape index (κ3) is 6.17. The monoisotopic (exact) mass is 595 g/mol. The highest BCUT2D eigenvalue weighted by Crippen LogP contribution is 2.33. The highest BCUT2D eigenvalue weighted by molar-refractivity contribution is 6.19. The number of carbonyl (C=O) groups excluding carboxylic acids is 2. The van der Waals surface area contributed by atoms with Crippen LogP contribution < -0.4 is 4.74 Å². The maximum atomic E-state index is 13.8. The molecular formula is C36H26FN5O3. The third-order valence-electron chi connectivity index (χ3n) is 7.38. The Morgan fingerprint density at radius 1 is 0.933 bits per heavy atom. The lowest BCUT2D eigenvalue weighted by molar-refractivity contribution is -0.141. The number of para-hydroxylation sites is 1. The summed E-state index contributed by atoms with van der Waals surface area (Å²) in [5.41, 5.74) is 4.58. The summed E-state index contributed by atoms with van der Waals surface area (Å²) in [4.78, 5) is 32.2. The van der Waals surface area contributed by atoms with Gasteiger partial charge in [-0.1, -0.05) is 48.5 Å². The Labute approximate surface area is 259 Å². The molecule has 9 heteroatoms. The maximum absolute atomic E-state index is 13.8. The Bertz CT molecular complexity index is 1990. The van der Waals surface area contributed by atoms with Crippen LogP contribution in [0, 0.1) is 17.1 Å². The van der Waals surface area contributed by atoms with E-state index in [4.69, 9.17) is 9.84 Å². The van der Waals surface area contributed by atoms with Crippen molar-refractivity contribution in [3.05, 3.63) is 149 Å². The molecule has 0 aliphatic carbocycles. The summed E-state index contributed by atoms with van der Waals surface area (Å²) in [6.07, 6.45) is 6.66. The predicted octanol–water partition coefficient (Wildman–Crippen LogP) is 6.44. The molecule has 1 aliphatic rings. The van der Waals surface area contributed by atoms with Crippen molar-refractivity contribution >= 4 is 17.9 Å². The molecule has 3 heterocycles. The number of benzene rings is 3. The topological polar surface area (TPSA) is 101 Å². The van der Waals surface area contributed by atoms with Crippen molar-refractivity contribution in [2.75, 3.05) is 0 Å². The second kappa shape index (κ2) is 12.6. The first-order valence-electron chi connectivity index (χ1n) is 14.1. The van der Waals surface area contributed by atoms with E-state index in [0.29, 0.717) is 28.1 Å². The molecule has 0 spiro atoms. The zero-order chi connectivity index (χ0) is 31.3. The highest BCUT2D eigenvalue weighted by Gasteiger charge is 2.35. The molecule has 2 aromatic heterocycles. The van der Waals surface area contributed by atoms with Crippen molar-refractivity contribution in [1.82, 2.24) is 19.7 Å². The molecule has 6 rings (SSSR count). The summed E-state index contributed by atoms with van der Waals surface area (Å²) >= 11 is 0. The number of amides is 2. The largest absolute Gasteiger partial charge is 0.489 e. The van der Waals surface area contributed by atoms with E-state index in [-0.39, 0.29) is 30.1 Å². The van der Waals surface area contributed by atoms with Crippen molar-refractivity contribution in [1.29, 1.82) is 5.26 Å².